The first-order valence-corrected chi connectivity index (χ1v) is 41.2. The van der Waals surface area contributed by atoms with E-state index >= 15 is 0 Å². The summed E-state index contributed by atoms with van der Waals surface area (Å²) in [5.41, 5.74) is 30.9. The van der Waals surface area contributed by atoms with E-state index in [2.05, 4.69) is 309 Å². The van der Waals surface area contributed by atoms with Gasteiger partial charge in [-0.15, -0.1) is 140 Å². The van der Waals surface area contributed by atoms with E-state index in [0.717, 1.165) is 111 Å². The van der Waals surface area contributed by atoms with Gasteiger partial charge in [0.05, 0.1) is 52.2 Å². The summed E-state index contributed by atoms with van der Waals surface area (Å²) in [5, 5.41) is 38.0. The van der Waals surface area contributed by atoms with Crippen molar-refractivity contribution in [1.82, 2.24) is 38.2 Å². The van der Waals surface area contributed by atoms with E-state index in [4.69, 9.17) is 45.1 Å². The first-order valence-electron chi connectivity index (χ1n) is 41.2. The van der Waals surface area contributed by atoms with Gasteiger partial charge in [-0.05, 0) is 243 Å². The van der Waals surface area contributed by atoms with Gasteiger partial charge in [-0.2, -0.15) is 0 Å². The first kappa shape index (κ1) is 108. The number of hydrogen-bond acceptors (Lipinski definition) is 13. The second kappa shape index (κ2) is 51.2. The van der Waals surface area contributed by atoms with Crippen LogP contribution in [0.15, 0.2) is 285 Å². The molecule has 8 aromatic carbocycles. The van der Waals surface area contributed by atoms with Gasteiger partial charge in [0, 0.05) is 194 Å². The molecule has 0 fully saturated rings. The van der Waals surface area contributed by atoms with Gasteiger partial charge in [-0.25, -0.2) is 0 Å². The average molecular weight is 2440 g/mol. The SMILES string of the molecule is CC(=O)C=C(C)O.CC(=O)C=C(C)O.CC(=O)C=C(C)O.CC(=O)C=C(C)O.COc1cc2cc(-n3cccc3)c(C)cc2nc1-c1[c-]c(C)cc(C)c1.Cc1[c-]c(-c2ccc3cc(C)c(-n4cccc4)cc3n2)cc(C)c1.Cc1[c-]c(-c2nc3cc(C)c(-n4cccc4)cc3cc2C)cc(C)c1.Cc1cc[c-]c(-c2ccc3cc(C)c(-n4cccc4)cc3n2)c1.[Ir].[Ir].[Ir].[Ir]. The quantitative estimate of drug-likeness (QED) is 0.0479. The maximum absolute atomic E-state index is 10.0. The van der Waals surface area contributed by atoms with E-state index in [0.29, 0.717) is 0 Å². The number of aliphatic hydroxyl groups excluding tert-OH is 4. The molecule has 0 bridgehead atoms. The summed E-state index contributed by atoms with van der Waals surface area (Å²) in [7, 11) is 1.69. The second-order valence-corrected chi connectivity index (χ2v) is 31.4. The van der Waals surface area contributed by atoms with Gasteiger partial charge >= 0.3 is 0 Å². The van der Waals surface area contributed by atoms with Gasteiger partial charge in [0.1, 0.15) is 5.75 Å². The minimum absolute atomic E-state index is 0. The van der Waals surface area contributed by atoms with Crippen molar-refractivity contribution < 1.29 is 125 Å². The van der Waals surface area contributed by atoms with Crippen LogP contribution in [0.3, 0.4) is 0 Å². The molecule has 130 heavy (non-hydrogen) atoms. The number of aromatic nitrogens is 8. The Balaban J connectivity index is 0.000000277. The van der Waals surface area contributed by atoms with Gasteiger partial charge in [0.2, 0.25) is 0 Å². The number of methoxy groups -OCH3 is 1. The third kappa shape index (κ3) is 32.1. The molecule has 680 valence electrons. The number of ketones is 4. The maximum atomic E-state index is 10.0. The van der Waals surface area contributed by atoms with E-state index in [1.54, 1.807) is 7.11 Å². The topological polar surface area (TPSA) is 230 Å². The Morgan fingerprint density at radius 2 is 0.600 bits per heavy atom. The van der Waals surface area contributed by atoms with Gasteiger partial charge in [0.15, 0.2) is 23.1 Å². The molecular weight excluding hydrogens is 2330 g/mol. The predicted molar refractivity (Wildman–Crippen MR) is 513 cm³/mol. The Kier molecular flexibility index (Phi) is 42.7. The standard InChI is InChI=1S/C23H21N2O.C23H21N2.C22H19N2.C21H17N2.4C5H8O2.4Ir/c1-15-9-16(2)11-19(10-15)23-22(26-4)14-18-13-21(25-7-5-6-8-25)17(3)12-20(18)24-23;1-15-9-16(2)11-20(10-15)23-18(4)12-19-14-22(25-7-5-6-8-25)17(3)13-21(19)24-23;1-15-10-16(2)12-19(11-15)20-7-6-18-13-17(3)22(14-21(18)23-20)24-8-4-5-9-24;1-15-6-5-7-17(12-15)19-9-8-18-13-16(2)21(14-20(18)22-19)23-10-3-4-11-23;4*1-4(6)3-5(2)7;;;;/h5-10,12-14H,1-4H3;5-10,12-14H,1-4H3;4-11,13-14H,1-3H3;3-6,8-14H,1-2H3;4*3,6H,1-2H3;;;;/q4*-1;;;;;;;;. The Morgan fingerprint density at radius 1 is 0.308 bits per heavy atom. The molecule has 0 aliphatic heterocycles. The van der Waals surface area contributed by atoms with Crippen molar-refractivity contribution in [2.24, 2.45) is 0 Å². The average Bonchev–Trinajstić information content (AvgIpc) is 1.56. The number of aryl methyl sites for hydroxylation is 12. The first-order chi connectivity index (χ1) is 59.9. The summed E-state index contributed by atoms with van der Waals surface area (Å²) in [4.78, 5) is 59.7. The van der Waals surface area contributed by atoms with Crippen molar-refractivity contribution in [1.29, 1.82) is 0 Å². The normalized spacial score (nSPS) is 10.8. The number of carbonyl (C=O) groups excluding carboxylic acids is 4. The van der Waals surface area contributed by atoms with Crippen molar-refractivity contribution in [2.75, 3.05) is 7.11 Å². The fourth-order valence-electron chi connectivity index (χ4n) is 14.3. The summed E-state index contributed by atoms with van der Waals surface area (Å²) >= 11 is 0. The number of pyridine rings is 4. The van der Waals surface area contributed by atoms with Gasteiger partial charge in [0.25, 0.3) is 0 Å². The molecule has 0 aliphatic rings. The molecule has 0 spiro atoms. The van der Waals surface area contributed by atoms with E-state index in [1.165, 1.54) is 152 Å². The number of aliphatic hydroxyl groups is 4. The van der Waals surface area contributed by atoms with E-state index in [9.17, 15) is 19.2 Å². The molecule has 8 heterocycles. The van der Waals surface area contributed by atoms with Crippen LogP contribution in [0.4, 0.5) is 0 Å². The van der Waals surface area contributed by atoms with Crippen molar-refractivity contribution in [3.63, 3.8) is 0 Å². The molecule has 0 atom stereocenters. The predicted octanol–water partition coefficient (Wildman–Crippen LogP) is 25.8. The van der Waals surface area contributed by atoms with Crippen LogP contribution in [-0.4, -0.2) is 88.9 Å². The summed E-state index contributed by atoms with van der Waals surface area (Å²) < 4.78 is 14.2. The Morgan fingerprint density at radius 3 is 0.931 bits per heavy atom. The van der Waals surface area contributed by atoms with Crippen molar-refractivity contribution in [3.05, 3.63) is 376 Å². The van der Waals surface area contributed by atoms with Crippen LogP contribution >= 0.6 is 0 Å². The Hall–Kier alpha value is -12.2. The molecule has 8 aromatic heterocycles. The van der Waals surface area contributed by atoms with Crippen LogP contribution in [0, 0.1) is 107 Å². The fraction of sp³-hybridized carbons (Fsp3) is 0.193. The molecule has 0 saturated heterocycles. The summed E-state index contributed by atoms with van der Waals surface area (Å²) in [6.07, 6.45) is 21.2. The Labute approximate surface area is 818 Å². The van der Waals surface area contributed by atoms with Gasteiger partial charge in [-0.1, -0.05) is 84.4 Å². The number of fused-ring (bicyclic) bond motifs is 4. The van der Waals surface area contributed by atoms with Crippen LogP contribution in [0.2, 0.25) is 0 Å². The monoisotopic (exact) mass is 2450 g/mol. The van der Waals surface area contributed by atoms with Crippen molar-refractivity contribution in [2.45, 2.75) is 138 Å². The molecule has 0 unspecified atom stereocenters. The molecule has 4 radical (unpaired) electrons. The molecule has 17 nitrogen and oxygen atoms in total. The molecule has 0 amide bonds. The summed E-state index contributed by atoms with van der Waals surface area (Å²) in [5.74, 6) is 0.515. The molecule has 0 saturated carbocycles. The van der Waals surface area contributed by atoms with Crippen LogP contribution in [0.25, 0.3) is 111 Å². The minimum atomic E-state index is -0.125. The van der Waals surface area contributed by atoms with Crippen LogP contribution in [0.5, 0.6) is 5.75 Å². The molecule has 21 heteroatoms. The smallest absolute Gasteiger partial charge is 0.155 e. The molecule has 4 N–H and O–H groups in total. The van der Waals surface area contributed by atoms with Crippen LogP contribution < -0.4 is 4.74 Å². The maximum Gasteiger partial charge on any atom is 0.155 e. The zero-order valence-corrected chi connectivity index (χ0v) is 86.6. The number of nitrogens with zero attached hydrogens (tertiary/aromatic N) is 8. The van der Waals surface area contributed by atoms with Crippen LogP contribution in [0.1, 0.15) is 122 Å². The van der Waals surface area contributed by atoms with Crippen molar-refractivity contribution in [3.8, 4) is 73.5 Å². The number of ether oxygens (including phenoxy) is 1. The molecule has 0 aliphatic carbocycles. The summed E-state index contributed by atoms with van der Waals surface area (Å²) in [6, 6.07) is 78.9. The number of carbonyl (C=O) groups is 4. The molecule has 16 rings (SSSR count). The third-order valence-electron chi connectivity index (χ3n) is 19.3. The van der Waals surface area contributed by atoms with Crippen molar-refractivity contribution >= 4 is 66.7 Å². The number of rotatable bonds is 13. The van der Waals surface area contributed by atoms with E-state index in [-0.39, 0.29) is 127 Å². The van der Waals surface area contributed by atoms with Gasteiger partial charge < -0.3 is 43.4 Å². The zero-order chi connectivity index (χ0) is 91.8. The fourth-order valence-corrected chi connectivity index (χ4v) is 14.3. The van der Waals surface area contributed by atoms with Crippen LogP contribution in [-0.2, 0) is 99.6 Å². The van der Waals surface area contributed by atoms with E-state index in [1.807, 2.05) is 54.6 Å². The number of benzene rings is 8. The largest absolute Gasteiger partial charge is 0.512 e. The molecule has 16 aromatic rings. The summed E-state index contributed by atoms with van der Waals surface area (Å²) in [6.45, 7) is 36.7. The number of hydrogen-bond donors (Lipinski definition) is 4. The van der Waals surface area contributed by atoms with E-state index < -0.39 is 0 Å². The minimum Gasteiger partial charge on any atom is -0.512 e. The Bertz CT molecular complexity index is 6520. The second-order valence-electron chi connectivity index (χ2n) is 31.4. The van der Waals surface area contributed by atoms with Gasteiger partial charge in [-0.3, -0.25) is 39.1 Å². The molecular formula is C109H110Ir4N8O9-4. The number of allylic oxidation sites excluding steroid dienone is 8. The zero-order valence-electron chi connectivity index (χ0n) is 77.1. The third-order valence-corrected chi connectivity index (χ3v) is 19.3.